The molecule has 0 spiro atoms. The average Bonchev–Trinajstić information content (AvgIpc) is 2.69. The van der Waals surface area contributed by atoms with E-state index in [9.17, 15) is 13.6 Å². The number of aryl methyl sites for hydroxylation is 1. The maximum Gasteiger partial charge on any atom is 0.283 e. The number of hydrogen-bond acceptors (Lipinski definition) is 6. The molecular formula is C20H18ClF2N5O2. The summed E-state index contributed by atoms with van der Waals surface area (Å²) in [6.45, 7) is 2.31. The molecule has 2 heterocycles. The zero-order valence-electron chi connectivity index (χ0n) is 16.2. The lowest BCUT2D eigenvalue weighted by atomic mass is 9.85. The molecule has 1 amide bonds. The van der Waals surface area contributed by atoms with Crippen LogP contribution in [0.1, 0.15) is 40.5 Å². The first-order valence-electron chi connectivity index (χ1n) is 8.94. The van der Waals surface area contributed by atoms with Crippen LogP contribution in [0.25, 0.3) is 0 Å². The van der Waals surface area contributed by atoms with Gasteiger partial charge in [-0.25, -0.2) is 18.8 Å². The number of amidine groups is 1. The van der Waals surface area contributed by atoms with E-state index < -0.39 is 30.0 Å². The lowest BCUT2D eigenvalue weighted by Crippen LogP contribution is -2.41. The topological polar surface area (TPSA) is 113 Å². The smallest absolute Gasteiger partial charge is 0.283 e. The van der Waals surface area contributed by atoms with E-state index in [1.54, 1.807) is 13.8 Å². The van der Waals surface area contributed by atoms with Crippen molar-refractivity contribution in [2.24, 2.45) is 10.7 Å². The Hall–Kier alpha value is -3.25. The molecule has 0 aliphatic carbocycles. The van der Waals surface area contributed by atoms with Gasteiger partial charge >= 0.3 is 0 Å². The number of nitrogens with one attached hydrogen (secondary N) is 1. The van der Waals surface area contributed by atoms with Gasteiger partial charge in [-0.15, -0.1) is 0 Å². The number of benzene rings is 1. The van der Waals surface area contributed by atoms with Gasteiger partial charge in [-0.1, -0.05) is 11.6 Å². The number of carbonyl (C=O) groups is 1. The number of ether oxygens (including phenoxy) is 1. The molecular weight excluding hydrogens is 416 g/mol. The minimum atomic E-state index is -1.54. The Kier molecular flexibility index (Phi) is 5.89. The number of pyridine rings is 1. The van der Waals surface area contributed by atoms with E-state index in [0.29, 0.717) is 11.1 Å². The second-order valence-corrected chi connectivity index (χ2v) is 7.40. The van der Waals surface area contributed by atoms with Crippen molar-refractivity contribution < 1.29 is 18.3 Å². The molecule has 10 heteroatoms. The van der Waals surface area contributed by atoms with E-state index in [1.807, 2.05) is 6.07 Å². The quantitative estimate of drug-likeness (QED) is 0.764. The third-order valence-electron chi connectivity index (χ3n) is 4.70. The van der Waals surface area contributed by atoms with Gasteiger partial charge in [0.1, 0.15) is 35.9 Å². The summed E-state index contributed by atoms with van der Waals surface area (Å²) in [5.74, 6) is -1.47. The van der Waals surface area contributed by atoms with Crippen molar-refractivity contribution in [3.8, 4) is 6.07 Å². The van der Waals surface area contributed by atoms with E-state index in [4.69, 9.17) is 27.3 Å². The highest BCUT2D eigenvalue weighted by atomic mass is 35.5. The molecule has 0 bridgehead atoms. The van der Waals surface area contributed by atoms with Crippen LogP contribution in [0.5, 0.6) is 0 Å². The van der Waals surface area contributed by atoms with Crippen molar-refractivity contribution >= 4 is 29.2 Å². The second kappa shape index (κ2) is 8.24. The van der Waals surface area contributed by atoms with E-state index in [0.717, 1.165) is 6.07 Å². The van der Waals surface area contributed by atoms with Crippen LogP contribution >= 0.6 is 11.6 Å². The number of nitrogens with two attached hydrogens (primary N) is 1. The standard InChI is InChI=1S/C20H18ClF2N5O2/c1-10-3-12(7-24)8-26-17(10)18(29)27-13-4-14(16(21)15(23)5-13)20(9-22)6-11(2)30-19(25)28-20/h3-5,8,11H,6,9H2,1-2H3,(H2,25,28)(H,27,29)/t11-,20+/m1/s1. The first-order chi connectivity index (χ1) is 14.2. The Bertz CT molecular complexity index is 1090. The van der Waals surface area contributed by atoms with E-state index >= 15 is 0 Å². The van der Waals surface area contributed by atoms with Gasteiger partial charge in [-0.2, -0.15) is 5.26 Å². The number of anilines is 1. The number of nitrogens with zero attached hydrogens (tertiary/aromatic N) is 3. The summed E-state index contributed by atoms with van der Waals surface area (Å²) in [6.07, 6.45) is 0.868. The Morgan fingerprint density at radius 1 is 1.50 bits per heavy atom. The second-order valence-electron chi connectivity index (χ2n) is 7.02. The fraction of sp³-hybridized carbons (Fsp3) is 0.300. The van der Waals surface area contributed by atoms with Crippen molar-refractivity contribution in [2.75, 3.05) is 12.0 Å². The molecule has 7 nitrogen and oxygen atoms in total. The van der Waals surface area contributed by atoms with Gasteiger partial charge < -0.3 is 15.8 Å². The van der Waals surface area contributed by atoms with Gasteiger partial charge in [-0.05, 0) is 37.6 Å². The molecule has 1 aliphatic heterocycles. The summed E-state index contributed by atoms with van der Waals surface area (Å²) < 4.78 is 33.9. The molecule has 3 N–H and O–H groups in total. The van der Waals surface area contributed by atoms with Crippen LogP contribution in [0, 0.1) is 24.1 Å². The van der Waals surface area contributed by atoms with Crippen LogP contribution in [0.15, 0.2) is 29.4 Å². The molecule has 0 unspecified atom stereocenters. The summed E-state index contributed by atoms with van der Waals surface area (Å²) in [5.41, 5.74) is 5.05. The molecule has 0 saturated heterocycles. The van der Waals surface area contributed by atoms with Gasteiger partial charge in [-0.3, -0.25) is 4.79 Å². The molecule has 3 rings (SSSR count). The lowest BCUT2D eigenvalue weighted by Gasteiger charge is -2.35. The van der Waals surface area contributed by atoms with Crippen LogP contribution in [-0.4, -0.2) is 29.7 Å². The van der Waals surface area contributed by atoms with Crippen molar-refractivity contribution in [2.45, 2.75) is 31.9 Å². The van der Waals surface area contributed by atoms with E-state index in [1.165, 1.54) is 18.3 Å². The summed E-state index contributed by atoms with van der Waals surface area (Å²) >= 11 is 6.13. The number of alkyl halides is 1. The summed E-state index contributed by atoms with van der Waals surface area (Å²) in [4.78, 5) is 20.7. The van der Waals surface area contributed by atoms with E-state index in [-0.39, 0.29) is 34.4 Å². The van der Waals surface area contributed by atoms with Crippen LogP contribution < -0.4 is 11.1 Å². The van der Waals surface area contributed by atoms with Gasteiger partial charge in [0.05, 0.1) is 10.6 Å². The number of amides is 1. The minimum Gasteiger partial charge on any atom is -0.462 e. The van der Waals surface area contributed by atoms with Crippen LogP contribution in [0.2, 0.25) is 5.02 Å². The van der Waals surface area contributed by atoms with Crippen molar-refractivity contribution in [3.05, 3.63) is 57.6 Å². The number of halogens is 3. The van der Waals surface area contributed by atoms with Crippen LogP contribution in [-0.2, 0) is 10.3 Å². The highest BCUT2D eigenvalue weighted by Crippen LogP contribution is 2.41. The largest absolute Gasteiger partial charge is 0.462 e. The Labute approximate surface area is 176 Å². The van der Waals surface area contributed by atoms with Gasteiger partial charge in [0.2, 0.25) is 0 Å². The van der Waals surface area contributed by atoms with Crippen molar-refractivity contribution in [3.63, 3.8) is 0 Å². The molecule has 30 heavy (non-hydrogen) atoms. The molecule has 1 aliphatic rings. The molecule has 1 aromatic heterocycles. The van der Waals surface area contributed by atoms with E-state index in [2.05, 4.69) is 15.3 Å². The highest BCUT2D eigenvalue weighted by Gasteiger charge is 2.41. The first-order valence-corrected chi connectivity index (χ1v) is 9.32. The number of carbonyl (C=O) groups excluding carboxylic acids is 1. The molecule has 2 atom stereocenters. The third kappa shape index (κ3) is 4.04. The summed E-state index contributed by atoms with van der Waals surface area (Å²) in [7, 11) is 0. The molecule has 156 valence electrons. The Morgan fingerprint density at radius 3 is 2.83 bits per heavy atom. The number of nitriles is 1. The SMILES string of the molecule is Cc1cc(C#N)cnc1C(=O)Nc1cc(F)c(Cl)c([C@@]2(CF)C[C@@H](C)OC(N)=N2)c1. The zero-order valence-corrected chi connectivity index (χ0v) is 16.9. The third-order valence-corrected chi connectivity index (χ3v) is 5.09. The van der Waals surface area contributed by atoms with Crippen molar-refractivity contribution in [1.82, 2.24) is 4.98 Å². The predicted octanol–water partition coefficient (Wildman–Crippen LogP) is 3.59. The fourth-order valence-corrected chi connectivity index (χ4v) is 3.68. The molecule has 1 aromatic carbocycles. The monoisotopic (exact) mass is 433 g/mol. The summed E-state index contributed by atoms with van der Waals surface area (Å²) in [5, 5.41) is 11.1. The molecule has 0 radical (unpaired) electrons. The number of aromatic nitrogens is 1. The Balaban J connectivity index is 2.01. The average molecular weight is 434 g/mol. The maximum absolute atomic E-state index is 14.6. The zero-order chi connectivity index (χ0) is 22.1. The Morgan fingerprint density at radius 2 is 2.23 bits per heavy atom. The minimum absolute atomic E-state index is 0.0446. The highest BCUT2D eigenvalue weighted by molar-refractivity contribution is 6.31. The van der Waals surface area contributed by atoms with Crippen LogP contribution in [0.3, 0.4) is 0 Å². The van der Waals surface area contributed by atoms with Crippen LogP contribution in [0.4, 0.5) is 14.5 Å². The maximum atomic E-state index is 14.6. The normalized spacial score (nSPS) is 20.7. The molecule has 0 saturated carbocycles. The molecule has 2 aromatic rings. The van der Waals surface area contributed by atoms with Gasteiger partial charge in [0.25, 0.3) is 11.9 Å². The van der Waals surface area contributed by atoms with Gasteiger partial charge in [0.15, 0.2) is 0 Å². The molecule has 0 fully saturated rings. The predicted molar refractivity (Wildman–Crippen MR) is 107 cm³/mol. The van der Waals surface area contributed by atoms with Crippen molar-refractivity contribution in [1.29, 1.82) is 5.26 Å². The number of aliphatic imine (C=N–C) groups is 1. The fourth-order valence-electron chi connectivity index (χ4n) is 3.40. The summed E-state index contributed by atoms with van der Waals surface area (Å²) in [6, 6.07) is 5.59. The van der Waals surface area contributed by atoms with Gasteiger partial charge in [0, 0.05) is 23.9 Å². The number of rotatable bonds is 4. The first kappa shape index (κ1) is 21.5. The lowest BCUT2D eigenvalue weighted by molar-refractivity contribution is 0.102. The number of hydrogen-bond donors (Lipinski definition) is 2.